The van der Waals surface area contributed by atoms with Crippen molar-refractivity contribution in [2.45, 2.75) is 32.2 Å². The fraction of sp³-hybridized carbons (Fsp3) is 0.625. The van der Waals surface area contributed by atoms with Crippen LogP contribution in [-0.4, -0.2) is 28.4 Å². The summed E-state index contributed by atoms with van der Waals surface area (Å²) in [4.78, 5) is 0. The number of methoxy groups -OCH3 is 3. The molecule has 1 aromatic rings. The van der Waals surface area contributed by atoms with E-state index in [0.29, 0.717) is 17.7 Å². The first-order valence-corrected chi connectivity index (χ1v) is 7.15. The van der Waals surface area contributed by atoms with Crippen LogP contribution in [0.25, 0.3) is 0 Å². The zero-order chi connectivity index (χ0) is 14.7. The minimum Gasteiger partial charge on any atom is -0.493 e. The van der Waals surface area contributed by atoms with Crippen LogP contribution in [0, 0.1) is 5.92 Å². The maximum atomic E-state index is 5.63. The Labute approximate surface area is 121 Å². The molecule has 0 saturated carbocycles. The summed E-state index contributed by atoms with van der Waals surface area (Å²) in [5, 5.41) is 3.42. The summed E-state index contributed by atoms with van der Waals surface area (Å²) in [6, 6.07) is 2.42. The maximum absolute atomic E-state index is 5.63. The molecule has 0 aliphatic heterocycles. The van der Waals surface area contributed by atoms with E-state index < -0.39 is 0 Å². The molecule has 2 atom stereocenters. The largest absolute Gasteiger partial charge is 0.493 e. The molecule has 0 aromatic heterocycles. The Balaban J connectivity index is 2.63. The first-order chi connectivity index (χ1) is 9.65. The highest BCUT2D eigenvalue weighted by Gasteiger charge is 2.28. The van der Waals surface area contributed by atoms with Crippen LogP contribution in [0.5, 0.6) is 17.2 Å². The molecule has 1 aromatic carbocycles. The van der Waals surface area contributed by atoms with Crippen molar-refractivity contribution in [3.63, 3.8) is 0 Å². The molecule has 0 bridgehead atoms. The number of ether oxygens (including phenoxy) is 3. The fourth-order valence-corrected chi connectivity index (χ4v) is 3.11. The summed E-state index contributed by atoms with van der Waals surface area (Å²) in [6.07, 6.45) is 3.30. The van der Waals surface area contributed by atoms with E-state index in [2.05, 4.69) is 18.3 Å². The number of fused-ring (bicyclic) bond motifs is 1. The van der Waals surface area contributed by atoms with Crippen molar-refractivity contribution in [3.05, 3.63) is 17.2 Å². The normalized spacial score (nSPS) is 21.9. The van der Waals surface area contributed by atoms with Gasteiger partial charge in [0.05, 0.1) is 21.3 Å². The predicted octanol–water partition coefficient (Wildman–Crippen LogP) is 2.95. The van der Waals surface area contributed by atoms with Crippen molar-refractivity contribution in [3.8, 4) is 17.2 Å². The van der Waals surface area contributed by atoms with Gasteiger partial charge >= 0.3 is 0 Å². The SMILES string of the molecule is CNC1CC(C)CCc2c1cc(OC)c(OC)c2OC. The van der Waals surface area contributed by atoms with Gasteiger partial charge < -0.3 is 19.5 Å². The zero-order valence-corrected chi connectivity index (χ0v) is 13.1. The molecule has 0 fully saturated rings. The van der Waals surface area contributed by atoms with E-state index in [0.717, 1.165) is 30.8 Å². The van der Waals surface area contributed by atoms with E-state index in [-0.39, 0.29) is 0 Å². The molecule has 4 heteroatoms. The number of hydrogen-bond acceptors (Lipinski definition) is 4. The van der Waals surface area contributed by atoms with Crippen LogP contribution >= 0.6 is 0 Å². The highest BCUT2D eigenvalue weighted by molar-refractivity contribution is 5.60. The second kappa shape index (κ2) is 6.35. The lowest BCUT2D eigenvalue weighted by Crippen LogP contribution is -2.18. The van der Waals surface area contributed by atoms with E-state index >= 15 is 0 Å². The number of rotatable bonds is 4. The van der Waals surface area contributed by atoms with Gasteiger partial charge in [0, 0.05) is 11.6 Å². The average molecular weight is 279 g/mol. The molecule has 0 heterocycles. The first-order valence-electron chi connectivity index (χ1n) is 7.15. The van der Waals surface area contributed by atoms with Crippen LogP contribution < -0.4 is 19.5 Å². The summed E-state index contributed by atoms with van der Waals surface area (Å²) in [5.74, 6) is 2.92. The van der Waals surface area contributed by atoms with Crippen molar-refractivity contribution in [1.29, 1.82) is 0 Å². The van der Waals surface area contributed by atoms with Gasteiger partial charge in [0.1, 0.15) is 0 Å². The summed E-state index contributed by atoms with van der Waals surface area (Å²) in [7, 11) is 7.02. The van der Waals surface area contributed by atoms with Crippen LogP contribution in [0.1, 0.15) is 36.9 Å². The second-order valence-corrected chi connectivity index (χ2v) is 5.43. The highest BCUT2D eigenvalue weighted by Crippen LogP contribution is 2.46. The maximum Gasteiger partial charge on any atom is 0.203 e. The van der Waals surface area contributed by atoms with Gasteiger partial charge in [-0.05, 0) is 43.9 Å². The van der Waals surface area contributed by atoms with Gasteiger partial charge in [-0.15, -0.1) is 0 Å². The van der Waals surface area contributed by atoms with Crippen LogP contribution in [-0.2, 0) is 6.42 Å². The summed E-state index contributed by atoms with van der Waals surface area (Å²) < 4.78 is 16.6. The summed E-state index contributed by atoms with van der Waals surface area (Å²) >= 11 is 0. The minimum atomic E-state index is 0.330. The van der Waals surface area contributed by atoms with Crippen molar-refractivity contribution in [1.82, 2.24) is 5.32 Å². The molecule has 4 nitrogen and oxygen atoms in total. The highest BCUT2D eigenvalue weighted by atomic mass is 16.5. The molecule has 1 aliphatic rings. The third-order valence-corrected chi connectivity index (χ3v) is 4.22. The topological polar surface area (TPSA) is 39.7 Å². The van der Waals surface area contributed by atoms with Crippen molar-refractivity contribution in [2.75, 3.05) is 28.4 Å². The molecular weight excluding hydrogens is 254 g/mol. The molecular formula is C16H25NO3. The third-order valence-electron chi connectivity index (χ3n) is 4.22. The van der Waals surface area contributed by atoms with Crippen LogP contribution in [0.2, 0.25) is 0 Å². The smallest absolute Gasteiger partial charge is 0.203 e. The predicted molar refractivity (Wildman–Crippen MR) is 80.0 cm³/mol. The average Bonchev–Trinajstić information content (AvgIpc) is 2.63. The first kappa shape index (κ1) is 15.0. The van der Waals surface area contributed by atoms with Gasteiger partial charge in [0.15, 0.2) is 11.5 Å². The number of hydrogen-bond donors (Lipinski definition) is 1. The lowest BCUT2D eigenvalue weighted by Gasteiger charge is -2.22. The minimum absolute atomic E-state index is 0.330. The molecule has 2 rings (SSSR count). The summed E-state index contributed by atoms with van der Waals surface area (Å²) in [6.45, 7) is 2.30. The molecule has 112 valence electrons. The molecule has 20 heavy (non-hydrogen) atoms. The lowest BCUT2D eigenvalue weighted by atomic mass is 9.96. The monoisotopic (exact) mass is 279 g/mol. The van der Waals surface area contributed by atoms with Gasteiger partial charge in [-0.3, -0.25) is 0 Å². The van der Waals surface area contributed by atoms with Gasteiger partial charge in [-0.25, -0.2) is 0 Å². The molecule has 0 saturated heterocycles. The molecule has 0 spiro atoms. The fourth-order valence-electron chi connectivity index (χ4n) is 3.11. The Hall–Kier alpha value is -1.42. The molecule has 1 aliphatic carbocycles. The van der Waals surface area contributed by atoms with Crippen LogP contribution in [0.3, 0.4) is 0 Å². The van der Waals surface area contributed by atoms with Gasteiger partial charge in [-0.2, -0.15) is 0 Å². The van der Waals surface area contributed by atoms with E-state index in [1.54, 1.807) is 21.3 Å². The molecule has 1 N–H and O–H groups in total. The van der Waals surface area contributed by atoms with Crippen molar-refractivity contribution >= 4 is 0 Å². The molecule has 0 radical (unpaired) electrons. The zero-order valence-electron chi connectivity index (χ0n) is 13.1. The van der Waals surface area contributed by atoms with E-state index in [1.807, 2.05) is 7.05 Å². The standard InChI is InChI=1S/C16H25NO3/c1-10-6-7-11-12(13(8-10)17-2)9-14(18-3)16(20-5)15(11)19-4/h9-10,13,17H,6-8H2,1-5H3. The molecule has 2 unspecified atom stereocenters. The number of nitrogens with one attached hydrogen (secondary N) is 1. The second-order valence-electron chi connectivity index (χ2n) is 5.43. The number of benzene rings is 1. The van der Waals surface area contributed by atoms with E-state index in [9.17, 15) is 0 Å². The van der Waals surface area contributed by atoms with Crippen LogP contribution in [0.15, 0.2) is 6.07 Å². The Bertz CT molecular complexity index is 473. The summed E-state index contributed by atoms with van der Waals surface area (Å²) in [5.41, 5.74) is 2.51. The van der Waals surface area contributed by atoms with Crippen LogP contribution in [0.4, 0.5) is 0 Å². The molecule has 0 amide bonds. The Morgan fingerprint density at radius 3 is 2.35 bits per heavy atom. The van der Waals surface area contributed by atoms with E-state index in [1.165, 1.54) is 11.1 Å². The third kappa shape index (κ3) is 2.57. The van der Waals surface area contributed by atoms with Crippen molar-refractivity contribution < 1.29 is 14.2 Å². The lowest BCUT2D eigenvalue weighted by molar-refractivity contribution is 0.321. The van der Waals surface area contributed by atoms with Gasteiger partial charge in [0.2, 0.25) is 5.75 Å². The quantitative estimate of drug-likeness (QED) is 0.860. The Morgan fingerprint density at radius 1 is 1.10 bits per heavy atom. The Morgan fingerprint density at radius 2 is 1.80 bits per heavy atom. The Kier molecular flexibility index (Phi) is 4.76. The van der Waals surface area contributed by atoms with Crippen molar-refractivity contribution in [2.24, 2.45) is 5.92 Å². The van der Waals surface area contributed by atoms with Gasteiger partial charge in [0.25, 0.3) is 0 Å². The van der Waals surface area contributed by atoms with E-state index in [4.69, 9.17) is 14.2 Å². The van der Waals surface area contributed by atoms with Gasteiger partial charge in [-0.1, -0.05) is 6.92 Å².